The van der Waals surface area contributed by atoms with E-state index in [1.54, 1.807) is 58.6 Å². The van der Waals surface area contributed by atoms with Crippen LogP contribution < -0.4 is 24.3 Å². The Morgan fingerprint density at radius 2 is 1.28 bits per heavy atom. The molecule has 1 N–H and O–H groups in total. The summed E-state index contributed by atoms with van der Waals surface area (Å²) in [7, 11) is 6.21. The topological polar surface area (TPSA) is 86.3 Å². The number of halogens is 1. The highest BCUT2D eigenvalue weighted by atomic mass is 19.1. The normalized spacial score (nSPS) is 11.3. The summed E-state index contributed by atoms with van der Waals surface area (Å²) in [5, 5.41) is 2.92. The molecule has 9 heteroatoms. The molecule has 0 saturated heterocycles. The summed E-state index contributed by atoms with van der Waals surface area (Å²) in [4.78, 5) is 28.1. The van der Waals surface area contributed by atoms with Crippen molar-refractivity contribution in [1.82, 2.24) is 10.2 Å². The summed E-state index contributed by atoms with van der Waals surface area (Å²) in [6.45, 7) is 2.20. The Kier molecular flexibility index (Phi) is 10.5. The molecular weight excluding hydrogens is 503 g/mol. The first kappa shape index (κ1) is 29.3. The lowest BCUT2D eigenvalue weighted by Gasteiger charge is -2.29. The van der Waals surface area contributed by atoms with Gasteiger partial charge in [0.15, 0.2) is 23.0 Å². The summed E-state index contributed by atoms with van der Waals surface area (Å²) >= 11 is 0. The molecule has 0 heterocycles. The van der Waals surface area contributed by atoms with Gasteiger partial charge < -0.3 is 29.2 Å². The minimum atomic E-state index is -0.770. The highest BCUT2D eigenvalue weighted by Gasteiger charge is 2.26. The fourth-order valence-corrected chi connectivity index (χ4v) is 4.15. The van der Waals surface area contributed by atoms with Crippen LogP contribution >= 0.6 is 0 Å². The molecule has 0 aliphatic heterocycles. The fraction of sp³-hybridized carbons (Fsp3) is 0.333. The lowest BCUT2D eigenvalue weighted by molar-refractivity contribution is -0.140. The Hall–Kier alpha value is -4.27. The number of carbonyl (C=O) groups is 2. The van der Waals surface area contributed by atoms with Crippen molar-refractivity contribution in [2.75, 3.05) is 35.0 Å². The second-order valence-electron chi connectivity index (χ2n) is 8.92. The average Bonchev–Trinajstić information content (AvgIpc) is 2.96. The molecule has 0 fully saturated rings. The van der Waals surface area contributed by atoms with Crippen LogP contribution in [0.5, 0.6) is 23.0 Å². The van der Waals surface area contributed by atoms with Crippen LogP contribution in [0.15, 0.2) is 60.7 Å². The first-order valence-electron chi connectivity index (χ1n) is 12.5. The number of hydrogen-bond donors (Lipinski definition) is 1. The molecular formula is C30H35FN2O6. The van der Waals surface area contributed by atoms with Crippen LogP contribution in [0, 0.1) is 5.82 Å². The Morgan fingerprint density at radius 1 is 0.769 bits per heavy atom. The van der Waals surface area contributed by atoms with Gasteiger partial charge in [-0.15, -0.1) is 0 Å². The minimum absolute atomic E-state index is 0.0464. The van der Waals surface area contributed by atoms with Gasteiger partial charge in [0.2, 0.25) is 11.8 Å². The number of amides is 2. The zero-order valence-corrected chi connectivity index (χ0v) is 23.0. The Morgan fingerprint density at radius 3 is 1.85 bits per heavy atom. The summed E-state index contributed by atoms with van der Waals surface area (Å²) in [5.74, 6) is 1.38. The van der Waals surface area contributed by atoms with Crippen molar-refractivity contribution in [2.45, 2.75) is 32.4 Å². The molecule has 0 bridgehead atoms. The number of hydrogen-bond acceptors (Lipinski definition) is 6. The van der Waals surface area contributed by atoms with E-state index in [-0.39, 0.29) is 30.6 Å². The van der Waals surface area contributed by atoms with Crippen molar-refractivity contribution in [2.24, 2.45) is 0 Å². The lowest BCUT2D eigenvalue weighted by Crippen LogP contribution is -2.48. The summed E-state index contributed by atoms with van der Waals surface area (Å²) in [5.41, 5.74) is 2.39. The van der Waals surface area contributed by atoms with Gasteiger partial charge in [0.25, 0.3) is 0 Å². The summed E-state index contributed by atoms with van der Waals surface area (Å²) in [6, 6.07) is 15.9. The zero-order chi connectivity index (χ0) is 28.4. The minimum Gasteiger partial charge on any atom is -0.493 e. The third kappa shape index (κ3) is 7.86. The molecule has 3 aromatic rings. The van der Waals surface area contributed by atoms with E-state index in [1.807, 2.05) is 18.2 Å². The van der Waals surface area contributed by atoms with Crippen LogP contribution in [-0.2, 0) is 29.0 Å². The molecule has 0 spiro atoms. The van der Waals surface area contributed by atoms with Gasteiger partial charge in [-0.2, -0.15) is 0 Å². The van der Waals surface area contributed by atoms with Gasteiger partial charge in [-0.25, -0.2) is 4.39 Å². The van der Waals surface area contributed by atoms with Crippen LogP contribution in [0.2, 0.25) is 0 Å². The van der Waals surface area contributed by atoms with E-state index in [0.717, 1.165) is 5.56 Å². The van der Waals surface area contributed by atoms with Crippen LogP contribution in [0.3, 0.4) is 0 Å². The summed E-state index contributed by atoms with van der Waals surface area (Å²) < 4.78 is 34.7. The van der Waals surface area contributed by atoms with E-state index < -0.39 is 6.04 Å². The van der Waals surface area contributed by atoms with Crippen LogP contribution in [-0.4, -0.2) is 57.7 Å². The van der Waals surface area contributed by atoms with Gasteiger partial charge in [0.1, 0.15) is 11.9 Å². The molecule has 2 amide bonds. The maximum absolute atomic E-state index is 13.5. The standard InChI is InChI=1S/C30H35FN2O6/c1-20(30(35)32-15-14-21-8-12-25(36-2)27(16-21)38-4)33(19-22-6-10-24(31)11-7-22)29(34)18-23-9-13-26(37-3)28(17-23)39-5/h6-13,16-17,20H,14-15,18-19H2,1-5H3,(H,32,35)/t20-/m0/s1. The molecule has 3 rings (SSSR count). The maximum atomic E-state index is 13.5. The largest absolute Gasteiger partial charge is 0.493 e. The summed E-state index contributed by atoms with van der Waals surface area (Å²) in [6.07, 6.45) is 0.612. The SMILES string of the molecule is COc1ccc(CCNC(=O)[C@H](C)N(Cc2ccc(F)cc2)C(=O)Cc2ccc(OC)c(OC)c2)cc1OC. The Balaban J connectivity index is 1.72. The molecule has 0 saturated carbocycles. The van der Waals surface area contributed by atoms with Crippen LogP contribution in [0.4, 0.5) is 4.39 Å². The molecule has 0 unspecified atom stereocenters. The molecule has 208 valence electrons. The Labute approximate surface area is 228 Å². The van der Waals surface area contributed by atoms with Gasteiger partial charge in [-0.3, -0.25) is 9.59 Å². The van der Waals surface area contributed by atoms with E-state index in [1.165, 1.54) is 24.1 Å². The fourth-order valence-electron chi connectivity index (χ4n) is 4.15. The second-order valence-corrected chi connectivity index (χ2v) is 8.92. The van der Waals surface area contributed by atoms with E-state index >= 15 is 0 Å². The number of ether oxygens (including phenoxy) is 4. The predicted octanol–water partition coefficient (Wildman–Crippen LogP) is 4.18. The quantitative estimate of drug-likeness (QED) is 0.352. The molecule has 3 aromatic carbocycles. The molecule has 8 nitrogen and oxygen atoms in total. The number of nitrogens with zero attached hydrogens (tertiary/aromatic N) is 1. The number of methoxy groups -OCH3 is 4. The number of benzene rings is 3. The van der Waals surface area contributed by atoms with E-state index in [0.29, 0.717) is 47.1 Å². The molecule has 0 aromatic heterocycles. The van der Waals surface area contributed by atoms with Crippen molar-refractivity contribution in [1.29, 1.82) is 0 Å². The zero-order valence-electron chi connectivity index (χ0n) is 23.0. The van der Waals surface area contributed by atoms with Crippen molar-refractivity contribution in [3.63, 3.8) is 0 Å². The van der Waals surface area contributed by atoms with Gasteiger partial charge in [0, 0.05) is 13.1 Å². The molecule has 0 aliphatic carbocycles. The van der Waals surface area contributed by atoms with Gasteiger partial charge in [-0.1, -0.05) is 24.3 Å². The van der Waals surface area contributed by atoms with Crippen molar-refractivity contribution in [3.05, 3.63) is 83.2 Å². The first-order valence-corrected chi connectivity index (χ1v) is 12.5. The highest BCUT2D eigenvalue weighted by molar-refractivity contribution is 5.88. The maximum Gasteiger partial charge on any atom is 0.242 e. The Bertz CT molecular complexity index is 1260. The molecule has 1 atom stereocenters. The third-order valence-corrected chi connectivity index (χ3v) is 6.40. The number of rotatable bonds is 13. The van der Waals surface area contributed by atoms with Gasteiger partial charge in [-0.05, 0) is 66.4 Å². The van der Waals surface area contributed by atoms with Crippen molar-refractivity contribution < 1.29 is 32.9 Å². The predicted molar refractivity (Wildman–Crippen MR) is 146 cm³/mol. The smallest absolute Gasteiger partial charge is 0.242 e. The van der Waals surface area contributed by atoms with Crippen molar-refractivity contribution >= 4 is 11.8 Å². The number of nitrogens with one attached hydrogen (secondary N) is 1. The van der Waals surface area contributed by atoms with Gasteiger partial charge >= 0.3 is 0 Å². The van der Waals surface area contributed by atoms with Crippen molar-refractivity contribution in [3.8, 4) is 23.0 Å². The molecule has 0 radical (unpaired) electrons. The molecule has 39 heavy (non-hydrogen) atoms. The monoisotopic (exact) mass is 538 g/mol. The second kappa shape index (κ2) is 14.0. The van der Waals surface area contributed by atoms with Crippen LogP contribution in [0.1, 0.15) is 23.6 Å². The first-order chi connectivity index (χ1) is 18.8. The lowest BCUT2D eigenvalue weighted by atomic mass is 10.1. The van der Waals surface area contributed by atoms with E-state index in [4.69, 9.17) is 18.9 Å². The van der Waals surface area contributed by atoms with E-state index in [9.17, 15) is 14.0 Å². The average molecular weight is 539 g/mol. The van der Waals surface area contributed by atoms with E-state index in [2.05, 4.69) is 5.32 Å². The molecule has 0 aliphatic rings. The number of carbonyl (C=O) groups excluding carboxylic acids is 2. The highest BCUT2D eigenvalue weighted by Crippen LogP contribution is 2.29. The van der Waals surface area contributed by atoms with Crippen LogP contribution in [0.25, 0.3) is 0 Å². The third-order valence-electron chi connectivity index (χ3n) is 6.40. The van der Waals surface area contributed by atoms with Gasteiger partial charge in [0.05, 0.1) is 34.9 Å².